The van der Waals surface area contributed by atoms with E-state index in [0.717, 1.165) is 32.4 Å². The van der Waals surface area contributed by atoms with Crippen molar-refractivity contribution in [1.29, 1.82) is 0 Å². The summed E-state index contributed by atoms with van der Waals surface area (Å²) in [7, 11) is 0. The van der Waals surface area contributed by atoms with Gasteiger partial charge in [0.25, 0.3) is 5.91 Å². The molecule has 0 spiro atoms. The number of hydrogen-bond acceptors (Lipinski definition) is 4. The first-order valence-electron chi connectivity index (χ1n) is 11.4. The van der Waals surface area contributed by atoms with E-state index in [1.54, 1.807) is 24.3 Å². The molecule has 1 amide bonds. The van der Waals surface area contributed by atoms with Crippen molar-refractivity contribution in [3.63, 3.8) is 0 Å². The zero-order chi connectivity index (χ0) is 23.5. The minimum atomic E-state index is -0.421. The van der Waals surface area contributed by atoms with Crippen LogP contribution in [0.4, 0.5) is 15.8 Å². The van der Waals surface area contributed by atoms with Crippen LogP contribution in [0.25, 0.3) is 10.9 Å². The van der Waals surface area contributed by atoms with Crippen LogP contribution in [0.3, 0.4) is 0 Å². The Bertz CT molecular complexity index is 1320. The van der Waals surface area contributed by atoms with E-state index in [4.69, 9.17) is 0 Å². The van der Waals surface area contributed by atoms with E-state index in [0.29, 0.717) is 28.1 Å². The SMILES string of the molecule is O=C(c1ccc(N=Nc2c(O)[nH]c3ccc(F)cc23)cc1)N1CCC(Cc2ccccc2)CC1. The average molecular weight is 457 g/mol. The Kier molecular flexibility index (Phi) is 6.08. The highest BCUT2D eigenvalue weighted by Gasteiger charge is 2.23. The van der Waals surface area contributed by atoms with Gasteiger partial charge in [0.2, 0.25) is 5.88 Å². The van der Waals surface area contributed by atoms with E-state index in [2.05, 4.69) is 39.5 Å². The van der Waals surface area contributed by atoms with Crippen molar-refractivity contribution in [3.05, 3.63) is 89.7 Å². The number of likely N-dealkylation sites (tertiary alicyclic amines) is 1. The van der Waals surface area contributed by atoms with Crippen LogP contribution in [0.5, 0.6) is 5.88 Å². The van der Waals surface area contributed by atoms with Crippen LogP contribution in [0.15, 0.2) is 83.0 Å². The number of fused-ring (bicyclic) bond motifs is 1. The van der Waals surface area contributed by atoms with Gasteiger partial charge in [0.1, 0.15) is 5.82 Å². The topological polar surface area (TPSA) is 81.0 Å². The summed E-state index contributed by atoms with van der Waals surface area (Å²) in [5, 5.41) is 18.8. The molecule has 0 unspecified atom stereocenters. The molecule has 7 heteroatoms. The molecule has 2 N–H and O–H groups in total. The lowest BCUT2D eigenvalue weighted by atomic mass is 9.90. The van der Waals surface area contributed by atoms with Gasteiger partial charge in [0.05, 0.1) is 11.2 Å². The molecule has 0 saturated carbocycles. The van der Waals surface area contributed by atoms with Crippen molar-refractivity contribution in [2.45, 2.75) is 19.3 Å². The predicted octanol–water partition coefficient (Wildman–Crippen LogP) is 6.52. The minimum absolute atomic E-state index is 0.0198. The highest BCUT2D eigenvalue weighted by molar-refractivity contribution is 5.95. The molecular weight excluding hydrogens is 431 g/mol. The summed E-state index contributed by atoms with van der Waals surface area (Å²) in [6.07, 6.45) is 3.06. The number of aromatic hydroxyl groups is 1. The molecular formula is C27H25FN4O2. The number of rotatable bonds is 5. The fraction of sp³-hybridized carbons (Fsp3) is 0.222. The number of benzene rings is 3. The Labute approximate surface area is 196 Å². The van der Waals surface area contributed by atoms with Crippen molar-refractivity contribution in [1.82, 2.24) is 9.88 Å². The number of aromatic nitrogens is 1. The Morgan fingerprint density at radius 2 is 1.74 bits per heavy atom. The van der Waals surface area contributed by atoms with Gasteiger partial charge in [-0.15, -0.1) is 5.11 Å². The molecule has 6 nitrogen and oxygen atoms in total. The fourth-order valence-corrected chi connectivity index (χ4v) is 4.49. The molecule has 0 radical (unpaired) electrons. The van der Waals surface area contributed by atoms with Gasteiger partial charge in [-0.25, -0.2) is 4.39 Å². The second kappa shape index (κ2) is 9.47. The summed E-state index contributed by atoms with van der Waals surface area (Å²) < 4.78 is 13.6. The molecule has 2 heterocycles. The van der Waals surface area contributed by atoms with E-state index in [1.165, 1.54) is 23.8 Å². The van der Waals surface area contributed by atoms with Crippen LogP contribution in [0.2, 0.25) is 0 Å². The first-order valence-corrected chi connectivity index (χ1v) is 11.4. The van der Waals surface area contributed by atoms with E-state index in [-0.39, 0.29) is 17.5 Å². The van der Waals surface area contributed by atoms with Crippen molar-refractivity contribution in [2.24, 2.45) is 16.1 Å². The molecule has 34 heavy (non-hydrogen) atoms. The standard InChI is InChI=1S/C27H25FN4O2/c28-21-8-11-24-23(17-21)25(26(33)29-24)31-30-22-9-6-20(7-10-22)27(34)32-14-12-19(13-15-32)16-18-4-2-1-3-5-18/h1-11,17,19,29,33H,12-16H2. The third-order valence-corrected chi connectivity index (χ3v) is 6.36. The predicted molar refractivity (Wildman–Crippen MR) is 129 cm³/mol. The lowest BCUT2D eigenvalue weighted by Gasteiger charge is -2.32. The number of aromatic amines is 1. The quantitative estimate of drug-likeness (QED) is 0.335. The van der Waals surface area contributed by atoms with Gasteiger partial charge in [0, 0.05) is 24.0 Å². The third-order valence-electron chi connectivity index (χ3n) is 6.36. The maximum absolute atomic E-state index is 13.6. The molecule has 5 rings (SSSR count). The number of hydrogen-bond donors (Lipinski definition) is 2. The molecule has 0 aliphatic carbocycles. The van der Waals surface area contributed by atoms with Crippen LogP contribution in [0.1, 0.15) is 28.8 Å². The molecule has 0 bridgehead atoms. The summed E-state index contributed by atoms with van der Waals surface area (Å²) in [4.78, 5) is 17.6. The molecule has 4 aromatic rings. The second-order valence-electron chi connectivity index (χ2n) is 8.68. The third kappa shape index (κ3) is 4.69. The summed E-state index contributed by atoms with van der Waals surface area (Å²) >= 11 is 0. The summed E-state index contributed by atoms with van der Waals surface area (Å²) in [5.41, 5.74) is 3.23. The number of halogens is 1. The number of carbonyl (C=O) groups is 1. The fourth-order valence-electron chi connectivity index (χ4n) is 4.49. The number of carbonyl (C=O) groups excluding carboxylic acids is 1. The van der Waals surface area contributed by atoms with E-state index < -0.39 is 5.82 Å². The number of amides is 1. The molecule has 1 saturated heterocycles. The zero-order valence-corrected chi connectivity index (χ0v) is 18.6. The van der Waals surface area contributed by atoms with Gasteiger partial charge in [-0.2, -0.15) is 5.11 Å². The van der Waals surface area contributed by atoms with Crippen LogP contribution in [-0.4, -0.2) is 34.0 Å². The zero-order valence-electron chi connectivity index (χ0n) is 18.6. The minimum Gasteiger partial charge on any atom is -0.493 e. The van der Waals surface area contributed by atoms with Crippen LogP contribution >= 0.6 is 0 Å². The molecule has 1 aromatic heterocycles. The summed E-state index contributed by atoms with van der Waals surface area (Å²) in [5.74, 6) is 0.0248. The normalized spacial score (nSPS) is 14.8. The lowest BCUT2D eigenvalue weighted by Crippen LogP contribution is -2.38. The Morgan fingerprint density at radius 3 is 2.47 bits per heavy atom. The Hall–Kier alpha value is -4.00. The van der Waals surface area contributed by atoms with Gasteiger partial charge in [-0.1, -0.05) is 30.3 Å². The van der Waals surface area contributed by atoms with Gasteiger partial charge >= 0.3 is 0 Å². The average Bonchev–Trinajstić information content (AvgIpc) is 3.18. The van der Waals surface area contributed by atoms with E-state index in [9.17, 15) is 14.3 Å². The van der Waals surface area contributed by atoms with Gasteiger partial charge in [-0.05, 0) is 73.2 Å². The molecule has 0 atom stereocenters. The highest BCUT2D eigenvalue weighted by Crippen LogP contribution is 2.36. The van der Waals surface area contributed by atoms with E-state index in [1.807, 2.05) is 11.0 Å². The lowest BCUT2D eigenvalue weighted by molar-refractivity contribution is 0.0690. The number of H-pyrrole nitrogens is 1. The first kappa shape index (κ1) is 21.8. The Morgan fingerprint density at radius 1 is 1.00 bits per heavy atom. The second-order valence-corrected chi connectivity index (χ2v) is 8.68. The summed E-state index contributed by atoms with van der Waals surface area (Å²) in [6.45, 7) is 1.52. The largest absolute Gasteiger partial charge is 0.493 e. The maximum Gasteiger partial charge on any atom is 0.253 e. The van der Waals surface area contributed by atoms with Crippen LogP contribution < -0.4 is 0 Å². The molecule has 1 fully saturated rings. The van der Waals surface area contributed by atoms with Crippen molar-refractivity contribution in [2.75, 3.05) is 13.1 Å². The maximum atomic E-state index is 13.6. The van der Waals surface area contributed by atoms with Crippen molar-refractivity contribution >= 4 is 28.2 Å². The van der Waals surface area contributed by atoms with Gasteiger partial charge in [0.15, 0.2) is 5.69 Å². The number of nitrogens with zero attached hydrogens (tertiary/aromatic N) is 3. The number of azo groups is 1. The highest BCUT2D eigenvalue weighted by atomic mass is 19.1. The molecule has 1 aliphatic heterocycles. The van der Waals surface area contributed by atoms with Gasteiger partial charge < -0.3 is 15.0 Å². The molecule has 3 aromatic carbocycles. The smallest absolute Gasteiger partial charge is 0.253 e. The van der Waals surface area contributed by atoms with Crippen LogP contribution in [0, 0.1) is 11.7 Å². The van der Waals surface area contributed by atoms with Gasteiger partial charge in [-0.3, -0.25) is 4.79 Å². The van der Waals surface area contributed by atoms with E-state index >= 15 is 0 Å². The molecule has 172 valence electrons. The Balaban J connectivity index is 1.21. The first-order chi connectivity index (χ1) is 16.6. The molecule has 1 aliphatic rings. The van der Waals surface area contributed by atoms with Crippen LogP contribution in [-0.2, 0) is 6.42 Å². The summed E-state index contributed by atoms with van der Waals surface area (Å²) in [6, 6.07) is 21.5. The van der Waals surface area contributed by atoms with Crippen molar-refractivity contribution in [3.8, 4) is 5.88 Å². The van der Waals surface area contributed by atoms with Crippen molar-refractivity contribution < 1.29 is 14.3 Å². The number of piperidine rings is 1. The number of nitrogens with one attached hydrogen (secondary N) is 1. The monoisotopic (exact) mass is 456 g/mol.